The van der Waals surface area contributed by atoms with Crippen LogP contribution in [0.15, 0.2) is 18.2 Å². The van der Waals surface area contributed by atoms with Gasteiger partial charge in [-0.2, -0.15) is 0 Å². The van der Waals surface area contributed by atoms with Crippen LogP contribution >= 0.6 is 0 Å². The number of aryl methyl sites for hydroxylation is 2. The molecule has 3 N–H and O–H groups in total. The summed E-state index contributed by atoms with van der Waals surface area (Å²) in [5.74, 6) is -0.853. The molecule has 0 spiro atoms. The van der Waals surface area contributed by atoms with E-state index >= 15 is 0 Å². The highest BCUT2D eigenvalue weighted by molar-refractivity contribution is 5.92. The van der Waals surface area contributed by atoms with E-state index in [-0.39, 0.29) is 11.9 Å². The van der Waals surface area contributed by atoms with Gasteiger partial charge in [-0.3, -0.25) is 9.59 Å². The molecule has 0 saturated carbocycles. The van der Waals surface area contributed by atoms with Gasteiger partial charge in [0.15, 0.2) is 0 Å². The third kappa shape index (κ3) is 9.33. The number of benzene rings is 1. The Bertz CT molecular complexity index is 812. The first-order valence-electron chi connectivity index (χ1n) is 12.1. The van der Waals surface area contributed by atoms with Crippen molar-refractivity contribution in [2.75, 3.05) is 13.2 Å². The Morgan fingerprint density at radius 3 is 2.12 bits per heavy atom. The molecular formula is C26H43N3O5. The van der Waals surface area contributed by atoms with Gasteiger partial charge in [-0.1, -0.05) is 49.1 Å². The highest BCUT2D eigenvalue weighted by Gasteiger charge is 2.37. The molecule has 192 valence electrons. The Kier molecular flexibility index (Phi) is 11.5. The molecule has 1 rings (SSSR count). The molecule has 1 aromatic rings. The largest absolute Gasteiger partial charge is 0.444 e. The summed E-state index contributed by atoms with van der Waals surface area (Å²) in [6.45, 7) is 14.6. The molecule has 34 heavy (non-hydrogen) atoms. The summed E-state index contributed by atoms with van der Waals surface area (Å²) >= 11 is 0. The van der Waals surface area contributed by atoms with Gasteiger partial charge in [-0.05, 0) is 60.5 Å². The van der Waals surface area contributed by atoms with Crippen molar-refractivity contribution in [3.05, 3.63) is 34.9 Å². The van der Waals surface area contributed by atoms with Crippen LogP contribution in [0.1, 0.15) is 83.5 Å². The number of amides is 3. The van der Waals surface area contributed by atoms with Gasteiger partial charge in [-0.15, -0.1) is 0 Å². The van der Waals surface area contributed by atoms with E-state index < -0.39 is 36.3 Å². The predicted octanol–water partition coefficient (Wildman–Crippen LogP) is 3.77. The topological polar surface area (TPSA) is 108 Å². The SMILES string of the molecule is CCCCCNC(=O)C(c1cc(C)cc(C)c1)N(C(=O)C(CO)NC(=O)OC(C)(C)C)C(C)C. The van der Waals surface area contributed by atoms with Crippen molar-refractivity contribution in [3.8, 4) is 0 Å². The van der Waals surface area contributed by atoms with E-state index in [0.717, 1.165) is 30.4 Å². The van der Waals surface area contributed by atoms with Crippen LogP contribution in [0.4, 0.5) is 4.79 Å². The highest BCUT2D eigenvalue weighted by atomic mass is 16.6. The zero-order valence-corrected chi connectivity index (χ0v) is 22.0. The number of hydrogen-bond acceptors (Lipinski definition) is 5. The molecular weight excluding hydrogens is 434 g/mol. The average Bonchev–Trinajstić information content (AvgIpc) is 2.70. The lowest BCUT2D eigenvalue weighted by molar-refractivity contribution is -0.145. The quantitative estimate of drug-likeness (QED) is 0.421. The summed E-state index contributed by atoms with van der Waals surface area (Å²) in [5.41, 5.74) is 1.87. The summed E-state index contributed by atoms with van der Waals surface area (Å²) < 4.78 is 5.25. The Hall–Kier alpha value is -2.61. The normalized spacial score (nSPS) is 13.2. The molecule has 2 atom stereocenters. The van der Waals surface area contributed by atoms with Gasteiger partial charge in [0.2, 0.25) is 11.8 Å². The maximum Gasteiger partial charge on any atom is 0.408 e. The van der Waals surface area contributed by atoms with E-state index in [9.17, 15) is 19.5 Å². The van der Waals surface area contributed by atoms with Gasteiger partial charge in [0.05, 0.1) is 6.61 Å². The lowest BCUT2D eigenvalue weighted by Crippen LogP contribution is -2.56. The van der Waals surface area contributed by atoms with Crippen molar-refractivity contribution < 1.29 is 24.2 Å². The van der Waals surface area contributed by atoms with Crippen LogP contribution in [0.5, 0.6) is 0 Å². The van der Waals surface area contributed by atoms with Gasteiger partial charge >= 0.3 is 6.09 Å². The van der Waals surface area contributed by atoms with E-state index in [1.807, 2.05) is 32.0 Å². The van der Waals surface area contributed by atoms with Crippen LogP contribution in [0.2, 0.25) is 0 Å². The van der Waals surface area contributed by atoms with Crippen LogP contribution in [0.3, 0.4) is 0 Å². The minimum atomic E-state index is -1.25. The van der Waals surface area contributed by atoms with Crippen molar-refractivity contribution in [2.24, 2.45) is 0 Å². The second-order valence-corrected chi connectivity index (χ2v) is 10.0. The summed E-state index contributed by atoms with van der Waals surface area (Å²) in [6.07, 6.45) is 2.06. The number of nitrogens with zero attached hydrogens (tertiary/aromatic N) is 1. The highest BCUT2D eigenvalue weighted by Crippen LogP contribution is 2.27. The molecule has 0 saturated heterocycles. The minimum absolute atomic E-state index is 0.294. The van der Waals surface area contributed by atoms with Crippen LogP contribution in [-0.4, -0.2) is 58.8 Å². The fourth-order valence-electron chi connectivity index (χ4n) is 3.78. The lowest BCUT2D eigenvalue weighted by atomic mass is 9.97. The number of carbonyl (C=O) groups is 3. The van der Waals surface area contributed by atoms with E-state index in [2.05, 4.69) is 17.6 Å². The Labute approximate surface area is 204 Å². The van der Waals surface area contributed by atoms with Crippen molar-refractivity contribution >= 4 is 17.9 Å². The van der Waals surface area contributed by atoms with Gasteiger partial charge in [-0.25, -0.2) is 4.79 Å². The maximum atomic E-state index is 13.6. The third-order valence-electron chi connectivity index (χ3n) is 5.15. The van der Waals surface area contributed by atoms with Crippen LogP contribution in [-0.2, 0) is 14.3 Å². The van der Waals surface area contributed by atoms with Crippen LogP contribution < -0.4 is 10.6 Å². The first kappa shape index (κ1) is 29.4. The monoisotopic (exact) mass is 477 g/mol. The number of aliphatic hydroxyl groups excluding tert-OH is 1. The fraction of sp³-hybridized carbons (Fsp3) is 0.654. The molecule has 0 heterocycles. The number of carbonyl (C=O) groups excluding carboxylic acids is 3. The maximum absolute atomic E-state index is 13.6. The molecule has 0 radical (unpaired) electrons. The van der Waals surface area contributed by atoms with Crippen molar-refractivity contribution in [1.82, 2.24) is 15.5 Å². The van der Waals surface area contributed by atoms with Crippen molar-refractivity contribution in [1.29, 1.82) is 0 Å². The zero-order valence-electron chi connectivity index (χ0n) is 22.0. The number of nitrogens with one attached hydrogen (secondary N) is 2. The van der Waals surface area contributed by atoms with E-state index in [4.69, 9.17) is 4.74 Å². The molecule has 3 amide bonds. The van der Waals surface area contributed by atoms with E-state index in [1.54, 1.807) is 34.6 Å². The second-order valence-electron chi connectivity index (χ2n) is 10.0. The molecule has 0 fully saturated rings. The first-order chi connectivity index (χ1) is 15.8. The molecule has 1 aromatic carbocycles. The van der Waals surface area contributed by atoms with E-state index in [0.29, 0.717) is 12.1 Å². The van der Waals surface area contributed by atoms with Gasteiger partial charge in [0.25, 0.3) is 0 Å². The zero-order chi connectivity index (χ0) is 26.1. The van der Waals surface area contributed by atoms with Gasteiger partial charge < -0.3 is 25.4 Å². The third-order valence-corrected chi connectivity index (χ3v) is 5.15. The van der Waals surface area contributed by atoms with E-state index in [1.165, 1.54) is 4.90 Å². The number of unbranched alkanes of at least 4 members (excludes halogenated alkanes) is 2. The van der Waals surface area contributed by atoms with Crippen LogP contribution in [0.25, 0.3) is 0 Å². The molecule has 0 aromatic heterocycles. The summed E-state index contributed by atoms with van der Waals surface area (Å²) in [6, 6.07) is 3.24. The van der Waals surface area contributed by atoms with Crippen LogP contribution in [0, 0.1) is 13.8 Å². The number of aliphatic hydroxyl groups is 1. The smallest absolute Gasteiger partial charge is 0.408 e. The summed E-state index contributed by atoms with van der Waals surface area (Å²) in [4.78, 5) is 40.7. The molecule has 0 bridgehead atoms. The first-order valence-corrected chi connectivity index (χ1v) is 12.1. The number of alkyl carbamates (subject to hydrolysis) is 1. The molecule has 8 heteroatoms. The molecule has 0 aliphatic carbocycles. The molecule has 0 aliphatic heterocycles. The standard InChI is InChI=1S/C26H43N3O5/c1-9-10-11-12-27-23(31)22(20-14-18(4)13-19(5)15-20)29(17(2)3)24(32)21(16-30)28-25(33)34-26(6,7)8/h13-15,17,21-22,30H,9-12,16H2,1-8H3,(H,27,31)(H,28,33). The number of rotatable bonds is 11. The number of ether oxygens (including phenoxy) is 1. The van der Waals surface area contributed by atoms with Gasteiger partial charge in [0, 0.05) is 12.6 Å². The van der Waals surface area contributed by atoms with Gasteiger partial charge in [0.1, 0.15) is 17.7 Å². The molecule has 0 aliphatic rings. The predicted molar refractivity (Wildman–Crippen MR) is 133 cm³/mol. The Balaban J connectivity index is 3.34. The lowest BCUT2D eigenvalue weighted by Gasteiger charge is -2.37. The summed E-state index contributed by atoms with van der Waals surface area (Å²) in [7, 11) is 0. The molecule has 2 unspecified atom stereocenters. The summed E-state index contributed by atoms with van der Waals surface area (Å²) in [5, 5.41) is 15.4. The Morgan fingerprint density at radius 1 is 1.06 bits per heavy atom. The fourth-order valence-corrected chi connectivity index (χ4v) is 3.78. The second kappa shape index (κ2) is 13.3. The van der Waals surface area contributed by atoms with Crippen molar-refractivity contribution in [3.63, 3.8) is 0 Å². The van der Waals surface area contributed by atoms with Crippen molar-refractivity contribution in [2.45, 2.75) is 98.4 Å². The number of hydrogen-bond donors (Lipinski definition) is 3. The molecule has 8 nitrogen and oxygen atoms in total. The average molecular weight is 478 g/mol. The Morgan fingerprint density at radius 2 is 1.65 bits per heavy atom. The minimum Gasteiger partial charge on any atom is -0.444 e.